The van der Waals surface area contributed by atoms with Gasteiger partial charge in [-0.15, -0.1) is 6.58 Å². The summed E-state index contributed by atoms with van der Waals surface area (Å²) in [6, 6.07) is 4.38. The van der Waals surface area contributed by atoms with Crippen LogP contribution in [0.5, 0.6) is 0 Å². The second-order valence-corrected chi connectivity index (χ2v) is 2.96. The molecule has 12 heavy (non-hydrogen) atoms. The van der Waals surface area contributed by atoms with Crippen molar-refractivity contribution in [2.75, 3.05) is 6.54 Å². The largest absolute Gasteiger partial charge is 0.306 e. The normalized spacial score (nSPS) is 21.5. The Bertz CT molecular complexity index is 294. The maximum atomic E-state index is 4.33. The average molecular weight is 160 g/mol. The van der Waals surface area contributed by atoms with E-state index in [4.69, 9.17) is 0 Å². The maximum absolute atomic E-state index is 4.33. The van der Waals surface area contributed by atoms with Crippen molar-refractivity contribution in [3.05, 3.63) is 42.2 Å². The van der Waals surface area contributed by atoms with E-state index in [-0.39, 0.29) is 0 Å². The fourth-order valence-electron chi connectivity index (χ4n) is 1.61. The summed E-state index contributed by atoms with van der Waals surface area (Å²) in [5.41, 5.74) is 2.49. The molecule has 0 saturated heterocycles. The Kier molecular flexibility index (Phi) is 1.92. The van der Waals surface area contributed by atoms with E-state index in [1.807, 2.05) is 18.3 Å². The molecule has 0 fully saturated rings. The molecule has 2 heterocycles. The van der Waals surface area contributed by atoms with E-state index < -0.39 is 0 Å². The fraction of sp³-hybridized carbons (Fsp3) is 0.300. The first-order valence-electron chi connectivity index (χ1n) is 4.21. The first kappa shape index (κ1) is 7.50. The van der Waals surface area contributed by atoms with Crippen molar-refractivity contribution in [3.63, 3.8) is 0 Å². The third kappa shape index (κ3) is 1.14. The zero-order valence-electron chi connectivity index (χ0n) is 6.96. The van der Waals surface area contributed by atoms with Gasteiger partial charge in [-0.2, -0.15) is 0 Å². The minimum Gasteiger partial charge on any atom is -0.306 e. The molecule has 2 heteroatoms. The van der Waals surface area contributed by atoms with Gasteiger partial charge >= 0.3 is 0 Å². The van der Waals surface area contributed by atoms with Crippen LogP contribution in [0.2, 0.25) is 0 Å². The van der Waals surface area contributed by atoms with Gasteiger partial charge in [-0.05, 0) is 11.6 Å². The van der Waals surface area contributed by atoms with Crippen molar-refractivity contribution in [2.24, 2.45) is 0 Å². The lowest BCUT2D eigenvalue weighted by Gasteiger charge is -2.22. The smallest absolute Gasteiger partial charge is 0.0521 e. The molecule has 1 aliphatic heterocycles. The van der Waals surface area contributed by atoms with E-state index in [1.165, 1.54) is 11.3 Å². The summed E-state index contributed by atoms with van der Waals surface area (Å²) in [6.07, 6.45) is 4.81. The SMILES string of the molecule is C=CC1NCCc2ncccc21. The average Bonchev–Trinajstić information content (AvgIpc) is 2.17. The molecule has 1 atom stereocenters. The second-order valence-electron chi connectivity index (χ2n) is 2.96. The van der Waals surface area contributed by atoms with E-state index in [2.05, 4.69) is 22.9 Å². The summed E-state index contributed by atoms with van der Waals surface area (Å²) < 4.78 is 0. The molecule has 2 rings (SSSR count). The molecule has 1 aliphatic rings. The van der Waals surface area contributed by atoms with Crippen LogP contribution in [0.15, 0.2) is 31.0 Å². The summed E-state index contributed by atoms with van der Waals surface area (Å²) in [5, 5.41) is 3.37. The molecule has 1 aromatic rings. The highest BCUT2D eigenvalue weighted by molar-refractivity contribution is 5.29. The number of fused-ring (bicyclic) bond motifs is 1. The lowest BCUT2D eigenvalue weighted by atomic mass is 9.99. The van der Waals surface area contributed by atoms with Crippen LogP contribution in [0.25, 0.3) is 0 Å². The number of pyridine rings is 1. The van der Waals surface area contributed by atoms with Crippen LogP contribution < -0.4 is 5.32 Å². The minimum absolute atomic E-state index is 0.294. The highest BCUT2D eigenvalue weighted by atomic mass is 14.9. The number of nitrogens with zero attached hydrogens (tertiary/aromatic N) is 1. The molecular weight excluding hydrogens is 148 g/mol. The molecule has 1 N–H and O–H groups in total. The van der Waals surface area contributed by atoms with Crippen LogP contribution in [0.1, 0.15) is 17.3 Å². The van der Waals surface area contributed by atoms with Crippen molar-refractivity contribution in [3.8, 4) is 0 Å². The van der Waals surface area contributed by atoms with Crippen LogP contribution in [0, 0.1) is 0 Å². The number of hydrogen-bond donors (Lipinski definition) is 1. The molecule has 2 nitrogen and oxygen atoms in total. The maximum Gasteiger partial charge on any atom is 0.0521 e. The first-order valence-corrected chi connectivity index (χ1v) is 4.21. The Labute approximate surface area is 72.3 Å². The highest BCUT2D eigenvalue weighted by Gasteiger charge is 2.16. The quantitative estimate of drug-likeness (QED) is 0.629. The van der Waals surface area contributed by atoms with Crippen molar-refractivity contribution in [1.82, 2.24) is 10.3 Å². The molecule has 0 aromatic carbocycles. The van der Waals surface area contributed by atoms with Crippen LogP contribution in [-0.4, -0.2) is 11.5 Å². The van der Waals surface area contributed by atoms with E-state index in [0.29, 0.717) is 6.04 Å². The molecule has 0 radical (unpaired) electrons. The van der Waals surface area contributed by atoms with E-state index in [0.717, 1.165) is 13.0 Å². The van der Waals surface area contributed by atoms with Crippen molar-refractivity contribution in [2.45, 2.75) is 12.5 Å². The van der Waals surface area contributed by atoms with Gasteiger partial charge < -0.3 is 5.32 Å². The third-order valence-corrected chi connectivity index (χ3v) is 2.22. The molecule has 1 unspecified atom stereocenters. The number of aromatic nitrogens is 1. The Hall–Kier alpha value is -1.15. The van der Waals surface area contributed by atoms with Crippen molar-refractivity contribution >= 4 is 0 Å². The zero-order chi connectivity index (χ0) is 8.39. The number of nitrogens with one attached hydrogen (secondary N) is 1. The minimum atomic E-state index is 0.294. The second kappa shape index (κ2) is 3.07. The molecule has 0 amide bonds. The lowest BCUT2D eigenvalue weighted by Crippen LogP contribution is -2.28. The van der Waals surface area contributed by atoms with Crippen LogP contribution in [0.3, 0.4) is 0 Å². The third-order valence-electron chi connectivity index (χ3n) is 2.22. The molecule has 0 bridgehead atoms. The van der Waals surface area contributed by atoms with Crippen LogP contribution >= 0.6 is 0 Å². The molecule has 0 spiro atoms. The predicted octanol–water partition coefficient (Wildman–Crippen LogP) is 1.45. The van der Waals surface area contributed by atoms with Gasteiger partial charge in [0, 0.05) is 24.9 Å². The summed E-state index contributed by atoms with van der Waals surface area (Å²) in [6.45, 7) is 4.79. The van der Waals surface area contributed by atoms with Crippen molar-refractivity contribution < 1.29 is 0 Å². The molecule has 0 aliphatic carbocycles. The topological polar surface area (TPSA) is 24.9 Å². The van der Waals surface area contributed by atoms with E-state index >= 15 is 0 Å². The van der Waals surface area contributed by atoms with Gasteiger partial charge in [0.05, 0.1) is 6.04 Å². The first-order chi connectivity index (χ1) is 5.92. The zero-order valence-corrected chi connectivity index (χ0v) is 6.96. The highest BCUT2D eigenvalue weighted by Crippen LogP contribution is 2.20. The Morgan fingerprint density at radius 3 is 3.42 bits per heavy atom. The Morgan fingerprint density at radius 2 is 2.58 bits per heavy atom. The summed E-state index contributed by atoms with van der Waals surface area (Å²) in [5.74, 6) is 0. The summed E-state index contributed by atoms with van der Waals surface area (Å²) in [7, 11) is 0. The van der Waals surface area contributed by atoms with Crippen molar-refractivity contribution in [1.29, 1.82) is 0 Å². The Morgan fingerprint density at radius 1 is 1.67 bits per heavy atom. The summed E-state index contributed by atoms with van der Waals surface area (Å²) >= 11 is 0. The van der Waals surface area contributed by atoms with Crippen LogP contribution in [-0.2, 0) is 6.42 Å². The fourth-order valence-corrected chi connectivity index (χ4v) is 1.61. The Balaban J connectivity index is 2.43. The standard InChI is InChI=1S/C10H12N2/c1-2-9-8-4-3-6-11-10(8)5-7-12-9/h2-4,6,9,12H,1,5,7H2. The van der Waals surface area contributed by atoms with Crippen LogP contribution in [0.4, 0.5) is 0 Å². The van der Waals surface area contributed by atoms with Gasteiger partial charge in [0.1, 0.15) is 0 Å². The summed E-state index contributed by atoms with van der Waals surface area (Å²) in [4.78, 5) is 4.33. The van der Waals surface area contributed by atoms with Gasteiger partial charge in [-0.3, -0.25) is 4.98 Å². The van der Waals surface area contributed by atoms with Gasteiger partial charge in [-0.25, -0.2) is 0 Å². The molecule has 0 saturated carbocycles. The molecule has 1 aromatic heterocycles. The monoisotopic (exact) mass is 160 g/mol. The lowest BCUT2D eigenvalue weighted by molar-refractivity contribution is 0.572. The van der Waals surface area contributed by atoms with Gasteiger partial charge in [-0.1, -0.05) is 12.1 Å². The van der Waals surface area contributed by atoms with Gasteiger partial charge in [0.15, 0.2) is 0 Å². The van der Waals surface area contributed by atoms with Gasteiger partial charge in [0.2, 0.25) is 0 Å². The van der Waals surface area contributed by atoms with E-state index in [1.54, 1.807) is 0 Å². The van der Waals surface area contributed by atoms with E-state index in [9.17, 15) is 0 Å². The predicted molar refractivity (Wildman–Crippen MR) is 48.9 cm³/mol. The molecular formula is C10H12N2. The molecule has 62 valence electrons. The van der Waals surface area contributed by atoms with Gasteiger partial charge in [0.25, 0.3) is 0 Å². The number of hydrogen-bond acceptors (Lipinski definition) is 2. The number of rotatable bonds is 1.